The first-order chi connectivity index (χ1) is 12.8. The molecule has 26 heavy (non-hydrogen) atoms. The first-order valence-corrected chi connectivity index (χ1v) is 10.1. The maximum Gasteiger partial charge on any atom is 0.108 e. The average Bonchev–Trinajstić information content (AvgIpc) is 2.69. The van der Waals surface area contributed by atoms with Crippen molar-refractivity contribution in [1.29, 1.82) is 0 Å². The van der Waals surface area contributed by atoms with E-state index in [1.165, 1.54) is 53.9 Å². The van der Waals surface area contributed by atoms with Crippen LogP contribution < -0.4 is 10.6 Å². The number of fused-ring (bicyclic) bond motifs is 2. The number of para-hydroxylation sites is 1. The van der Waals surface area contributed by atoms with Crippen molar-refractivity contribution in [1.82, 2.24) is 5.32 Å². The molecule has 0 amide bonds. The second-order valence-corrected chi connectivity index (χ2v) is 8.07. The molecule has 3 heteroatoms. The van der Waals surface area contributed by atoms with Crippen LogP contribution in [0.4, 0.5) is 5.69 Å². The number of aryl methyl sites for hydroxylation is 1. The van der Waals surface area contributed by atoms with E-state index in [4.69, 9.17) is 4.99 Å². The van der Waals surface area contributed by atoms with Crippen molar-refractivity contribution in [2.24, 2.45) is 10.4 Å². The minimum absolute atomic E-state index is 0.173. The Bertz CT molecular complexity index is 833. The molecule has 1 atom stereocenters. The smallest absolute Gasteiger partial charge is 0.108 e. The van der Waals surface area contributed by atoms with Crippen LogP contribution >= 0.6 is 0 Å². The van der Waals surface area contributed by atoms with Crippen LogP contribution in [0, 0.1) is 5.41 Å². The minimum atomic E-state index is 0.173. The van der Waals surface area contributed by atoms with Crippen LogP contribution in [0.1, 0.15) is 48.4 Å². The van der Waals surface area contributed by atoms with Crippen LogP contribution in [0.15, 0.2) is 53.5 Å². The van der Waals surface area contributed by atoms with Gasteiger partial charge in [0.15, 0.2) is 0 Å². The van der Waals surface area contributed by atoms with Crippen LogP contribution in [0.5, 0.6) is 0 Å². The zero-order valence-electron chi connectivity index (χ0n) is 15.3. The summed E-state index contributed by atoms with van der Waals surface area (Å²) in [6.07, 6.45) is 7.05. The van der Waals surface area contributed by atoms with Crippen molar-refractivity contribution in [2.75, 3.05) is 18.4 Å². The number of anilines is 1. The van der Waals surface area contributed by atoms with E-state index in [2.05, 4.69) is 59.2 Å². The molecule has 2 aliphatic heterocycles. The number of amidine groups is 1. The van der Waals surface area contributed by atoms with Crippen LogP contribution in [-0.2, 0) is 12.8 Å². The summed E-state index contributed by atoms with van der Waals surface area (Å²) in [4.78, 5) is 5.39. The Morgan fingerprint density at radius 1 is 0.923 bits per heavy atom. The molecule has 2 aromatic rings. The third-order valence-corrected chi connectivity index (χ3v) is 6.48. The van der Waals surface area contributed by atoms with Crippen LogP contribution in [0.25, 0.3) is 0 Å². The summed E-state index contributed by atoms with van der Waals surface area (Å²) >= 11 is 0. The number of hydrogen-bond donors (Lipinski definition) is 2. The van der Waals surface area contributed by atoms with E-state index in [9.17, 15) is 0 Å². The summed E-state index contributed by atoms with van der Waals surface area (Å²) in [6, 6.07) is 18.0. The second kappa shape index (κ2) is 6.55. The highest BCUT2D eigenvalue weighted by atomic mass is 15.1. The van der Waals surface area contributed by atoms with Gasteiger partial charge in [-0.1, -0.05) is 42.5 Å². The van der Waals surface area contributed by atoms with E-state index in [0.29, 0.717) is 6.04 Å². The first kappa shape index (κ1) is 16.1. The summed E-state index contributed by atoms with van der Waals surface area (Å²) in [6.45, 7) is 2.17. The molecule has 1 aliphatic carbocycles. The Morgan fingerprint density at radius 3 is 2.58 bits per heavy atom. The summed E-state index contributed by atoms with van der Waals surface area (Å²) in [5.41, 5.74) is 5.79. The predicted molar refractivity (Wildman–Crippen MR) is 108 cm³/mol. The Labute approximate surface area is 155 Å². The zero-order chi connectivity index (χ0) is 17.4. The highest BCUT2D eigenvalue weighted by Crippen LogP contribution is 2.42. The van der Waals surface area contributed by atoms with Gasteiger partial charge in [0.1, 0.15) is 5.84 Å². The molecule has 1 saturated heterocycles. The van der Waals surface area contributed by atoms with Gasteiger partial charge in [-0.2, -0.15) is 0 Å². The molecule has 1 unspecified atom stereocenters. The van der Waals surface area contributed by atoms with Gasteiger partial charge in [-0.05, 0) is 74.4 Å². The lowest BCUT2D eigenvalue weighted by molar-refractivity contribution is 0.291. The number of piperidine rings is 1. The molecule has 3 nitrogen and oxygen atoms in total. The number of benzene rings is 2. The highest BCUT2D eigenvalue weighted by molar-refractivity contribution is 6.02. The van der Waals surface area contributed by atoms with Gasteiger partial charge in [0.2, 0.25) is 0 Å². The Balaban J connectivity index is 1.57. The predicted octanol–water partition coefficient (Wildman–Crippen LogP) is 4.50. The topological polar surface area (TPSA) is 36.4 Å². The van der Waals surface area contributed by atoms with Crippen LogP contribution in [-0.4, -0.2) is 18.9 Å². The lowest BCUT2D eigenvalue weighted by atomic mass is 9.70. The standard InChI is InChI=1S/C23H27N3/c1-3-9-19-17(6-1)8-5-11-21(19)26-22-23(12-14-24-15-13-23)16-18-7-2-4-10-20(18)25-22/h1-4,6-7,9-10,21,24H,5,8,11-16H2,(H,25,26). The van der Waals surface area contributed by atoms with Crippen molar-refractivity contribution >= 4 is 11.5 Å². The molecule has 0 saturated carbocycles. The third-order valence-electron chi connectivity index (χ3n) is 6.48. The van der Waals surface area contributed by atoms with Gasteiger partial charge < -0.3 is 10.6 Å². The number of hydrogen-bond acceptors (Lipinski definition) is 2. The highest BCUT2D eigenvalue weighted by Gasteiger charge is 2.41. The van der Waals surface area contributed by atoms with E-state index in [-0.39, 0.29) is 5.41 Å². The minimum Gasteiger partial charge on any atom is -0.343 e. The van der Waals surface area contributed by atoms with Gasteiger partial charge in [0.05, 0.1) is 6.04 Å². The quantitative estimate of drug-likeness (QED) is 0.798. The summed E-state index contributed by atoms with van der Waals surface area (Å²) in [5, 5.41) is 7.30. The number of nitrogens with one attached hydrogen (secondary N) is 2. The van der Waals surface area contributed by atoms with Gasteiger partial charge in [0.25, 0.3) is 0 Å². The van der Waals surface area contributed by atoms with Crippen LogP contribution in [0.2, 0.25) is 0 Å². The molecule has 1 fully saturated rings. The van der Waals surface area contributed by atoms with Gasteiger partial charge in [0, 0.05) is 11.1 Å². The lowest BCUT2D eigenvalue weighted by Crippen LogP contribution is -2.49. The number of aliphatic imine (C=N–C) groups is 1. The SMILES string of the molecule is c1ccc2c(c1)CC1(CCNCC1)C(=NC1CCCc3ccccc31)N2. The lowest BCUT2D eigenvalue weighted by Gasteiger charge is -2.43. The molecular formula is C23H27N3. The molecule has 2 heterocycles. The largest absolute Gasteiger partial charge is 0.343 e. The molecule has 0 bridgehead atoms. The van der Waals surface area contributed by atoms with Gasteiger partial charge in [-0.25, -0.2) is 0 Å². The average molecular weight is 345 g/mol. The Kier molecular flexibility index (Phi) is 4.05. The first-order valence-electron chi connectivity index (χ1n) is 10.1. The van der Waals surface area contributed by atoms with E-state index < -0.39 is 0 Å². The molecule has 3 aliphatic rings. The third kappa shape index (κ3) is 2.75. The molecule has 1 spiro atoms. The molecule has 2 aromatic carbocycles. The maximum atomic E-state index is 5.39. The fourth-order valence-corrected chi connectivity index (χ4v) is 5.01. The zero-order valence-corrected chi connectivity index (χ0v) is 15.3. The summed E-state index contributed by atoms with van der Waals surface area (Å²) in [7, 11) is 0. The van der Waals surface area contributed by atoms with Crippen molar-refractivity contribution in [3.05, 3.63) is 65.2 Å². The molecule has 0 radical (unpaired) electrons. The number of nitrogens with zero attached hydrogens (tertiary/aromatic N) is 1. The number of rotatable bonds is 1. The fourth-order valence-electron chi connectivity index (χ4n) is 5.01. The molecular weight excluding hydrogens is 318 g/mol. The van der Waals surface area contributed by atoms with Gasteiger partial charge in [-0.3, -0.25) is 4.99 Å². The van der Waals surface area contributed by atoms with Crippen molar-refractivity contribution in [3.8, 4) is 0 Å². The van der Waals surface area contributed by atoms with Crippen molar-refractivity contribution < 1.29 is 0 Å². The molecule has 0 aromatic heterocycles. The monoisotopic (exact) mass is 345 g/mol. The maximum absolute atomic E-state index is 5.39. The normalized spacial score (nSPS) is 25.4. The van der Waals surface area contributed by atoms with Gasteiger partial charge in [-0.15, -0.1) is 0 Å². The Hall–Kier alpha value is -2.13. The van der Waals surface area contributed by atoms with Crippen molar-refractivity contribution in [3.63, 3.8) is 0 Å². The van der Waals surface area contributed by atoms with Crippen molar-refractivity contribution in [2.45, 2.75) is 44.6 Å². The van der Waals surface area contributed by atoms with Crippen LogP contribution in [0.3, 0.4) is 0 Å². The van der Waals surface area contributed by atoms with E-state index >= 15 is 0 Å². The molecule has 134 valence electrons. The molecule has 5 rings (SSSR count). The Morgan fingerprint density at radius 2 is 1.69 bits per heavy atom. The van der Waals surface area contributed by atoms with Gasteiger partial charge >= 0.3 is 0 Å². The second-order valence-electron chi connectivity index (χ2n) is 8.07. The van der Waals surface area contributed by atoms with E-state index in [0.717, 1.165) is 25.9 Å². The summed E-state index contributed by atoms with van der Waals surface area (Å²) < 4.78 is 0. The molecule has 2 N–H and O–H groups in total. The van der Waals surface area contributed by atoms with E-state index in [1.807, 2.05) is 0 Å². The summed E-state index contributed by atoms with van der Waals surface area (Å²) in [5.74, 6) is 1.24. The van der Waals surface area contributed by atoms with E-state index in [1.54, 1.807) is 0 Å². The fraction of sp³-hybridized carbons (Fsp3) is 0.435.